The van der Waals surface area contributed by atoms with Gasteiger partial charge >= 0.3 is 0 Å². The Hall–Kier alpha value is -2.86. The average Bonchev–Trinajstić information content (AvgIpc) is 2.73. The van der Waals surface area contributed by atoms with Crippen LogP contribution in [-0.2, 0) is 6.54 Å². The van der Waals surface area contributed by atoms with Gasteiger partial charge in [0.05, 0.1) is 18.5 Å². The second-order valence-electron chi connectivity index (χ2n) is 6.37. The minimum atomic E-state index is 0.398. The minimum absolute atomic E-state index is 0.398. The topological polar surface area (TPSA) is 67.5 Å². The van der Waals surface area contributed by atoms with Crippen LogP contribution in [0.25, 0.3) is 10.8 Å². The molecule has 4 rings (SSSR count). The molecule has 0 aliphatic carbocycles. The van der Waals surface area contributed by atoms with Crippen LogP contribution in [0.4, 0.5) is 11.5 Å². The summed E-state index contributed by atoms with van der Waals surface area (Å²) in [5, 5.41) is 11.0. The molecule has 0 spiro atoms. The van der Waals surface area contributed by atoms with E-state index in [-0.39, 0.29) is 0 Å². The summed E-state index contributed by atoms with van der Waals surface area (Å²) in [5.41, 5.74) is 7.81. The van der Waals surface area contributed by atoms with Crippen LogP contribution in [0.5, 0.6) is 5.75 Å². The number of rotatable bonds is 4. The molecule has 1 aromatic heterocycles. The Bertz CT molecular complexity index is 906. The fourth-order valence-electron chi connectivity index (χ4n) is 3.58. The molecule has 2 N–H and O–H groups in total. The van der Waals surface area contributed by atoms with E-state index in [9.17, 15) is 0 Å². The molecule has 6 nitrogen and oxygen atoms in total. The van der Waals surface area contributed by atoms with Crippen LogP contribution in [-0.4, -0.2) is 43.5 Å². The molecule has 0 bridgehead atoms. The predicted octanol–water partition coefficient (Wildman–Crippen LogP) is 2.42. The number of hydrogen-bond donors (Lipinski definition) is 1. The molecule has 0 saturated carbocycles. The Morgan fingerprint density at radius 1 is 0.885 bits per heavy atom. The summed E-state index contributed by atoms with van der Waals surface area (Å²) >= 11 is 0. The first-order valence-electron chi connectivity index (χ1n) is 8.89. The molecule has 26 heavy (non-hydrogen) atoms. The van der Waals surface area contributed by atoms with Gasteiger partial charge in [-0.2, -0.15) is 5.10 Å². The van der Waals surface area contributed by atoms with E-state index in [2.05, 4.69) is 44.3 Å². The normalized spacial score (nSPS) is 14.7. The van der Waals surface area contributed by atoms with Crippen molar-refractivity contribution in [2.24, 2.45) is 5.73 Å². The lowest BCUT2D eigenvalue weighted by Gasteiger charge is -2.37. The summed E-state index contributed by atoms with van der Waals surface area (Å²) in [7, 11) is 1.72. The third-order valence-electron chi connectivity index (χ3n) is 4.94. The van der Waals surface area contributed by atoms with Gasteiger partial charge in [0, 0.05) is 43.5 Å². The molecule has 1 saturated heterocycles. The van der Waals surface area contributed by atoms with Gasteiger partial charge in [-0.05, 0) is 12.1 Å². The highest BCUT2D eigenvalue weighted by atomic mass is 16.5. The van der Waals surface area contributed by atoms with E-state index in [1.165, 1.54) is 0 Å². The van der Waals surface area contributed by atoms with Gasteiger partial charge in [-0.1, -0.05) is 36.4 Å². The first-order chi connectivity index (χ1) is 12.8. The first kappa shape index (κ1) is 16.6. The number of benzene rings is 2. The third-order valence-corrected chi connectivity index (χ3v) is 4.94. The summed E-state index contributed by atoms with van der Waals surface area (Å²) in [4.78, 5) is 4.67. The van der Waals surface area contributed by atoms with E-state index in [0.29, 0.717) is 6.54 Å². The van der Waals surface area contributed by atoms with Gasteiger partial charge in [0.25, 0.3) is 0 Å². The summed E-state index contributed by atoms with van der Waals surface area (Å²) in [6.07, 6.45) is 0. The van der Waals surface area contributed by atoms with Crippen molar-refractivity contribution in [3.8, 4) is 5.75 Å². The highest BCUT2D eigenvalue weighted by molar-refractivity contribution is 5.93. The van der Waals surface area contributed by atoms with E-state index >= 15 is 0 Å². The zero-order chi connectivity index (χ0) is 17.9. The Labute approximate surface area is 153 Å². The lowest BCUT2D eigenvalue weighted by atomic mass is 10.1. The summed E-state index contributed by atoms with van der Waals surface area (Å²) < 4.78 is 5.50. The van der Waals surface area contributed by atoms with Crippen LogP contribution in [0.15, 0.2) is 48.5 Å². The molecular formula is C20H23N5O. The van der Waals surface area contributed by atoms with Crippen LogP contribution in [0.1, 0.15) is 5.69 Å². The number of piperazine rings is 1. The molecule has 6 heteroatoms. The van der Waals surface area contributed by atoms with Crippen molar-refractivity contribution >= 4 is 22.3 Å². The summed E-state index contributed by atoms with van der Waals surface area (Å²) in [6, 6.07) is 16.4. The van der Waals surface area contributed by atoms with Crippen molar-refractivity contribution < 1.29 is 4.74 Å². The molecule has 0 amide bonds. The van der Waals surface area contributed by atoms with Gasteiger partial charge in [-0.15, -0.1) is 5.10 Å². The largest absolute Gasteiger partial charge is 0.495 e. The molecule has 0 radical (unpaired) electrons. The number of anilines is 2. The van der Waals surface area contributed by atoms with Crippen molar-refractivity contribution in [1.29, 1.82) is 0 Å². The number of nitrogens with two attached hydrogens (primary N) is 1. The van der Waals surface area contributed by atoms with Crippen molar-refractivity contribution in [2.45, 2.75) is 6.54 Å². The number of aromatic nitrogens is 2. The monoisotopic (exact) mass is 349 g/mol. The maximum Gasteiger partial charge on any atom is 0.159 e. The van der Waals surface area contributed by atoms with Gasteiger partial charge in [-0.3, -0.25) is 0 Å². The molecule has 0 unspecified atom stereocenters. The molecular weight excluding hydrogens is 326 g/mol. The molecule has 1 aliphatic rings. The number of nitrogens with zero attached hydrogens (tertiary/aromatic N) is 4. The van der Waals surface area contributed by atoms with Crippen LogP contribution in [0.2, 0.25) is 0 Å². The maximum atomic E-state index is 5.82. The summed E-state index contributed by atoms with van der Waals surface area (Å²) in [6.45, 7) is 4.00. The van der Waals surface area contributed by atoms with Gasteiger partial charge in [0.15, 0.2) is 5.82 Å². The SMILES string of the molecule is COc1ccccc1N1CCN(c2nnc(CN)c3ccccc23)CC1. The Balaban J connectivity index is 1.58. The minimum Gasteiger partial charge on any atom is -0.495 e. The Kier molecular flexibility index (Phi) is 4.58. The van der Waals surface area contributed by atoms with Gasteiger partial charge in [0.1, 0.15) is 5.75 Å². The van der Waals surface area contributed by atoms with E-state index in [0.717, 1.165) is 59.9 Å². The second-order valence-corrected chi connectivity index (χ2v) is 6.37. The Morgan fingerprint density at radius 2 is 1.54 bits per heavy atom. The number of hydrogen-bond acceptors (Lipinski definition) is 6. The smallest absolute Gasteiger partial charge is 0.159 e. The number of methoxy groups -OCH3 is 1. The third kappa shape index (κ3) is 2.93. The lowest BCUT2D eigenvalue weighted by Crippen LogP contribution is -2.47. The average molecular weight is 349 g/mol. The van der Waals surface area contributed by atoms with Crippen molar-refractivity contribution in [1.82, 2.24) is 10.2 Å². The van der Waals surface area contributed by atoms with Crippen LogP contribution in [0.3, 0.4) is 0 Å². The van der Waals surface area contributed by atoms with E-state index in [4.69, 9.17) is 10.5 Å². The molecule has 134 valence electrons. The fraction of sp³-hybridized carbons (Fsp3) is 0.300. The molecule has 1 fully saturated rings. The van der Waals surface area contributed by atoms with Crippen molar-refractivity contribution in [2.75, 3.05) is 43.1 Å². The molecule has 2 heterocycles. The van der Waals surface area contributed by atoms with Gasteiger partial charge in [-0.25, -0.2) is 0 Å². The molecule has 0 atom stereocenters. The predicted molar refractivity (Wildman–Crippen MR) is 105 cm³/mol. The fourth-order valence-corrected chi connectivity index (χ4v) is 3.58. The lowest BCUT2D eigenvalue weighted by molar-refractivity contribution is 0.413. The second kappa shape index (κ2) is 7.17. The van der Waals surface area contributed by atoms with Crippen LogP contribution < -0.4 is 20.3 Å². The quantitative estimate of drug-likeness (QED) is 0.780. The maximum absolute atomic E-state index is 5.82. The van der Waals surface area contributed by atoms with Crippen molar-refractivity contribution in [3.63, 3.8) is 0 Å². The summed E-state index contributed by atoms with van der Waals surface area (Å²) in [5.74, 6) is 1.86. The zero-order valence-electron chi connectivity index (χ0n) is 14.9. The molecule has 2 aromatic carbocycles. The van der Waals surface area contributed by atoms with Gasteiger partial charge in [0.2, 0.25) is 0 Å². The van der Waals surface area contributed by atoms with Crippen LogP contribution >= 0.6 is 0 Å². The zero-order valence-corrected chi connectivity index (χ0v) is 14.9. The van der Waals surface area contributed by atoms with Crippen molar-refractivity contribution in [3.05, 3.63) is 54.2 Å². The molecule has 1 aliphatic heterocycles. The van der Waals surface area contributed by atoms with E-state index in [1.807, 2.05) is 24.3 Å². The van der Waals surface area contributed by atoms with Gasteiger partial charge < -0.3 is 20.3 Å². The highest BCUT2D eigenvalue weighted by Crippen LogP contribution is 2.30. The van der Waals surface area contributed by atoms with Crippen LogP contribution in [0, 0.1) is 0 Å². The Morgan fingerprint density at radius 3 is 2.27 bits per heavy atom. The standard InChI is InChI=1S/C20H23N5O/c1-26-19-9-5-4-8-18(19)24-10-12-25(13-11-24)20-16-7-3-2-6-15(16)17(14-21)22-23-20/h2-9H,10-14,21H2,1H3. The number of ether oxygens (including phenoxy) is 1. The van der Waals surface area contributed by atoms with E-state index in [1.54, 1.807) is 7.11 Å². The first-order valence-corrected chi connectivity index (χ1v) is 8.89. The number of para-hydroxylation sites is 2. The van der Waals surface area contributed by atoms with E-state index < -0.39 is 0 Å². The molecule has 3 aromatic rings. The number of fused-ring (bicyclic) bond motifs is 1. The highest BCUT2D eigenvalue weighted by Gasteiger charge is 2.22.